The number of aliphatic hydroxyl groups excluding tert-OH is 2. The van der Waals surface area contributed by atoms with Crippen molar-refractivity contribution in [2.75, 3.05) is 12.3 Å². The zero-order valence-corrected chi connectivity index (χ0v) is 17.0. The van der Waals surface area contributed by atoms with Gasteiger partial charge in [0.15, 0.2) is 17.7 Å². The Morgan fingerprint density at radius 1 is 1.19 bits per heavy atom. The quantitative estimate of drug-likeness (QED) is 0.234. The number of nitrogens with zero attached hydrogens (tertiary/aromatic N) is 4. The number of imidazole rings is 1. The standard InChI is InChI=1S/C17H19N7O7S/c18-14-11-15(20-6-19-14)24(7-21-11)17-13(27)12(26)10(31-17)5-22-32(29,30)23-16(28)8-3-1-2-4-9(8)25/h1-4,6-7,10,12-13,17,22,25-27H,5H2,(H,23,28)(H2,18,19,20)/t10-,12-,13+,17-/m1/s1. The van der Waals surface area contributed by atoms with Crippen LogP contribution in [0.5, 0.6) is 5.75 Å². The topological polar surface area (TPSA) is 215 Å². The molecule has 1 saturated heterocycles. The summed E-state index contributed by atoms with van der Waals surface area (Å²) in [6.45, 7) is -0.470. The number of aromatic nitrogens is 4. The van der Waals surface area contributed by atoms with E-state index in [1.807, 2.05) is 0 Å². The molecule has 14 nitrogen and oxygen atoms in total. The Bertz CT molecular complexity index is 1270. The van der Waals surface area contributed by atoms with Crippen LogP contribution >= 0.6 is 0 Å². The first kappa shape index (κ1) is 21.8. The van der Waals surface area contributed by atoms with Crippen LogP contribution in [0.4, 0.5) is 5.82 Å². The van der Waals surface area contributed by atoms with Gasteiger partial charge >= 0.3 is 10.2 Å². The van der Waals surface area contributed by atoms with Gasteiger partial charge in [-0.1, -0.05) is 12.1 Å². The fourth-order valence-corrected chi connectivity index (χ4v) is 4.06. The summed E-state index contributed by atoms with van der Waals surface area (Å²) in [4.78, 5) is 24.0. The van der Waals surface area contributed by atoms with E-state index in [0.29, 0.717) is 0 Å². The Balaban J connectivity index is 1.44. The first-order valence-corrected chi connectivity index (χ1v) is 10.7. The lowest BCUT2D eigenvalue weighted by atomic mass is 10.1. The number of aliphatic hydroxyl groups is 2. The minimum Gasteiger partial charge on any atom is -0.507 e. The van der Waals surface area contributed by atoms with Crippen LogP contribution in [0.3, 0.4) is 0 Å². The van der Waals surface area contributed by atoms with E-state index >= 15 is 0 Å². The fraction of sp³-hybridized carbons (Fsp3) is 0.294. The van der Waals surface area contributed by atoms with Crippen molar-refractivity contribution in [1.82, 2.24) is 29.0 Å². The Kier molecular flexibility index (Phi) is 5.66. The molecule has 0 bridgehead atoms. The monoisotopic (exact) mass is 465 g/mol. The number of nitrogens with one attached hydrogen (secondary N) is 2. The molecule has 1 amide bonds. The SMILES string of the molecule is Nc1ncnc2c1ncn2[C@@H]1O[C@H](CNS(=O)(=O)NC(=O)c2ccccc2O)[C@@H](O)[C@@H]1O. The maximum Gasteiger partial charge on any atom is 0.301 e. The van der Waals surface area contributed by atoms with Gasteiger partial charge < -0.3 is 25.8 Å². The number of phenolic OH excluding ortho intramolecular Hbond substituents is 1. The van der Waals surface area contributed by atoms with Crippen molar-refractivity contribution in [3.63, 3.8) is 0 Å². The van der Waals surface area contributed by atoms with Crippen LogP contribution in [0.2, 0.25) is 0 Å². The van der Waals surface area contributed by atoms with Gasteiger partial charge in [0.2, 0.25) is 0 Å². The predicted octanol–water partition coefficient (Wildman–Crippen LogP) is -2.00. The molecular weight excluding hydrogens is 446 g/mol. The van der Waals surface area contributed by atoms with Crippen LogP contribution in [0.1, 0.15) is 16.6 Å². The molecule has 0 saturated carbocycles. The highest BCUT2D eigenvalue weighted by Gasteiger charge is 2.44. The second kappa shape index (κ2) is 8.29. The van der Waals surface area contributed by atoms with Crippen LogP contribution in [0, 0.1) is 0 Å². The van der Waals surface area contributed by atoms with E-state index in [0.717, 1.165) is 0 Å². The third-order valence-corrected chi connectivity index (χ3v) is 5.85. The Morgan fingerprint density at radius 3 is 2.69 bits per heavy atom. The number of anilines is 1. The molecule has 0 unspecified atom stereocenters. The predicted molar refractivity (Wildman–Crippen MR) is 108 cm³/mol. The van der Waals surface area contributed by atoms with Gasteiger partial charge in [-0.2, -0.15) is 13.1 Å². The fourth-order valence-electron chi connectivity index (χ4n) is 3.25. The van der Waals surface area contributed by atoms with E-state index in [-0.39, 0.29) is 22.5 Å². The van der Waals surface area contributed by atoms with Crippen molar-refractivity contribution < 1.29 is 33.3 Å². The van der Waals surface area contributed by atoms with Crippen LogP contribution in [-0.4, -0.2) is 74.0 Å². The van der Waals surface area contributed by atoms with Gasteiger partial charge in [-0.05, 0) is 12.1 Å². The molecule has 3 heterocycles. The van der Waals surface area contributed by atoms with E-state index in [9.17, 15) is 28.5 Å². The number of phenols is 1. The minimum atomic E-state index is -4.38. The normalized spacial score (nSPS) is 23.4. The highest BCUT2D eigenvalue weighted by molar-refractivity contribution is 7.88. The number of rotatable bonds is 6. The summed E-state index contributed by atoms with van der Waals surface area (Å²) in [5.41, 5.74) is 6.03. The number of fused-ring (bicyclic) bond motifs is 1. The van der Waals surface area contributed by atoms with Crippen molar-refractivity contribution >= 4 is 33.1 Å². The van der Waals surface area contributed by atoms with Crippen LogP contribution in [-0.2, 0) is 14.9 Å². The van der Waals surface area contributed by atoms with Crippen molar-refractivity contribution in [2.45, 2.75) is 24.5 Å². The maximum atomic E-state index is 12.2. The second-order valence-corrected chi connectivity index (χ2v) is 8.43. The van der Waals surface area contributed by atoms with E-state index in [4.69, 9.17) is 10.5 Å². The number of para-hydroxylation sites is 1. The van der Waals surface area contributed by atoms with E-state index < -0.39 is 53.0 Å². The zero-order valence-electron chi connectivity index (χ0n) is 16.2. The van der Waals surface area contributed by atoms with Crippen molar-refractivity contribution in [2.24, 2.45) is 0 Å². The largest absolute Gasteiger partial charge is 0.507 e. The van der Waals surface area contributed by atoms with E-state index in [2.05, 4.69) is 19.7 Å². The number of aromatic hydroxyl groups is 1. The van der Waals surface area contributed by atoms with Crippen LogP contribution < -0.4 is 15.2 Å². The lowest BCUT2D eigenvalue weighted by Gasteiger charge is -2.16. The van der Waals surface area contributed by atoms with Crippen molar-refractivity contribution in [3.05, 3.63) is 42.5 Å². The molecule has 170 valence electrons. The number of ether oxygens (including phenoxy) is 1. The lowest BCUT2D eigenvalue weighted by Crippen LogP contribution is -2.45. The molecule has 15 heteroatoms. The summed E-state index contributed by atoms with van der Waals surface area (Å²) in [5.74, 6) is -1.33. The number of nitrogen functional groups attached to an aromatic ring is 1. The number of hydrogen-bond donors (Lipinski definition) is 6. The molecule has 2 aromatic heterocycles. The van der Waals surface area contributed by atoms with Crippen molar-refractivity contribution in [3.8, 4) is 5.75 Å². The average molecular weight is 465 g/mol. The summed E-state index contributed by atoms with van der Waals surface area (Å²) >= 11 is 0. The number of benzene rings is 1. The van der Waals surface area contributed by atoms with E-state index in [1.165, 1.54) is 41.5 Å². The van der Waals surface area contributed by atoms with Gasteiger partial charge in [-0.25, -0.2) is 19.7 Å². The van der Waals surface area contributed by atoms with Crippen LogP contribution in [0.15, 0.2) is 36.9 Å². The highest BCUT2D eigenvalue weighted by Crippen LogP contribution is 2.31. The van der Waals surface area contributed by atoms with Crippen molar-refractivity contribution in [1.29, 1.82) is 0 Å². The molecule has 1 aliphatic heterocycles. The van der Waals surface area contributed by atoms with Gasteiger partial charge in [0.05, 0.1) is 11.9 Å². The van der Waals surface area contributed by atoms with E-state index in [1.54, 1.807) is 4.72 Å². The molecule has 7 N–H and O–H groups in total. The molecular formula is C17H19N7O7S. The summed E-state index contributed by atoms with van der Waals surface area (Å²) in [7, 11) is -4.38. The second-order valence-electron chi connectivity index (χ2n) is 6.93. The summed E-state index contributed by atoms with van der Waals surface area (Å²) in [5, 5.41) is 30.4. The number of hydrogen-bond acceptors (Lipinski definition) is 11. The molecule has 0 radical (unpaired) electrons. The molecule has 0 spiro atoms. The maximum absolute atomic E-state index is 12.2. The van der Waals surface area contributed by atoms with Gasteiger partial charge in [-0.15, -0.1) is 0 Å². The molecule has 1 fully saturated rings. The number of amides is 1. The molecule has 1 aromatic carbocycles. The first-order valence-electron chi connectivity index (χ1n) is 9.22. The minimum absolute atomic E-state index is 0.117. The molecule has 32 heavy (non-hydrogen) atoms. The average Bonchev–Trinajstić information content (AvgIpc) is 3.29. The zero-order chi connectivity index (χ0) is 23.0. The number of carbonyl (C=O) groups excluding carboxylic acids is 1. The molecule has 3 aromatic rings. The first-order chi connectivity index (χ1) is 15.2. The Morgan fingerprint density at radius 2 is 1.94 bits per heavy atom. The molecule has 0 aliphatic carbocycles. The highest BCUT2D eigenvalue weighted by atomic mass is 32.2. The summed E-state index contributed by atoms with van der Waals surface area (Å²) in [6, 6.07) is 5.41. The van der Waals surface area contributed by atoms with Gasteiger partial charge in [0.1, 0.15) is 35.9 Å². The smallest absolute Gasteiger partial charge is 0.301 e. The van der Waals surface area contributed by atoms with Gasteiger partial charge in [0.25, 0.3) is 5.91 Å². The molecule has 4 rings (SSSR count). The van der Waals surface area contributed by atoms with Gasteiger partial charge in [0, 0.05) is 6.54 Å². The number of nitrogens with two attached hydrogens (primary N) is 1. The van der Waals surface area contributed by atoms with Gasteiger partial charge in [-0.3, -0.25) is 9.36 Å². The lowest BCUT2D eigenvalue weighted by molar-refractivity contribution is -0.0330. The number of carbonyl (C=O) groups is 1. The Labute approximate surface area is 180 Å². The summed E-state index contributed by atoms with van der Waals surface area (Å²) in [6.07, 6.45) is -2.69. The Hall–Kier alpha value is -3.37. The molecule has 4 atom stereocenters. The third-order valence-electron chi connectivity index (χ3n) is 4.85. The summed E-state index contributed by atoms with van der Waals surface area (Å²) < 4.78 is 35.2. The van der Waals surface area contributed by atoms with Crippen LogP contribution in [0.25, 0.3) is 11.2 Å². The third kappa shape index (κ3) is 4.06. The molecule has 1 aliphatic rings.